The van der Waals surface area contributed by atoms with Crippen molar-refractivity contribution in [2.45, 2.75) is 13.8 Å². The van der Waals surface area contributed by atoms with Crippen LogP contribution in [0.5, 0.6) is 0 Å². The molecule has 0 spiro atoms. The van der Waals surface area contributed by atoms with Crippen LogP contribution in [-0.4, -0.2) is 23.9 Å². The molecule has 20 heavy (non-hydrogen) atoms. The average molecular weight is 270 g/mol. The predicted molar refractivity (Wildman–Crippen MR) is 79.9 cm³/mol. The van der Waals surface area contributed by atoms with Crippen LogP contribution in [0.4, 0.5) is 5.69 Å². The fourth-order valence-corrected chi connectivity index (χ4v) is 1.94. The number of esters is 1. The van der Waals surface area contributed by atoms with Gasteiger partial charge in [-0.1, -0.05) is 0 Å². The van der Waals surface area contributed by atoms with Crippen molar-refractivity contribution in [2.75, 3.05) is 7.11 Å². The fraction of sp³-hybridized carbons (Fsp3) is 0.250. The Bertz CT molecular complexity index is 669. The van der Waals surface area contributed by atoms with Crippen LogP contribution in [0, 0.1) is 13.8 Å². The van der Waals surface area contributed by atoms with Crippen LogP contribution in [-0.2, 0) is 11.8 Å². The van der Waals surface area contributed by atoms with Gasteiger partial charge in [-0.15, -0.1) is 0 Å². The van der Waals surface area contributed by atoms with Gasteiger partial charge in [-0.3, -0.25) is 4.99 Å². The molecule has 0 bridgehead atoms. The van der Waals surface area contributed by atoms with E-state index in [1.807, 2.05) is 39.2 Å². The molecule has 4 heteroatoms. The van der Waals surface area contributed by atoms with Crippen molar-refractivity contribution in [3.05, 3.63) is 52.8 Å². The first kappa shape index (κ1) is 14.1. The van der Waals surface area contributed by atoms with Gasteiger partial charge >= 0.3 is 5.97 Å². The van der Waals surface area contributed by atoms with Crippen LogP contribution in [0.1, 0.15) is 27.3 Å². The number of aromatic nitrogens is 1. The molecule has 2 rings (SSSR count). The van der Waals surface area contributed by atoms with E-state index in [0.29, 0.717) is 5.56 Å². The molecule has 0 amide bonds. The van der Waals surface area contributed by atoms with Crippen molar-refractivity contribution in [3.8, 4) is 0 Å². The van der Waals surface area contributed by atoms with Gasteiger partial charge in [-0.25, -0.2) is 4.79 Å². The van der Waals surface area contributed by atoms with Crippen molar-refractivity contribution in [1.29, 1.82) is 0 Å². The second-order valence-electron chi connectivity index (χ2n) is 4.71. The molecule has 0 fully saturated rings. The maximum atomic E-state index is 11.4. The van der Waals surface area contributed by atoms with E-state index in [1.165, 1.54) is 12.8 Å². The quantitative estimate of drug-likeness (QED) is 0.635. The third-order valence-electron chi connectivity index (χ3n) is 3.37. The minimum atomic E-state index is -0.332. The number of hydrogen-bond acceptors (Lipinski definition) is 3. The summed E-state index contributed by atoms with van der Waals surface area (Å²) < 4.78 is 6.77. The summed E-state index contributed by atoms with van der Waals surface area (Å²) in [5.74, 6) is -0.332. The monoisotopic (exact) mass is 270 g/mol. The summed E-state index contributed by atoms with van der Waals surface area (Å²) in [4.78, 5) is 15.9. The Labute approximate surface area is 118 Å². The Morgan fingerprint density at radius 3 is 2.55 bits per heavy atom. The number of nitrogens with zero attached hydrogens (tertiary/aromatic N) is 2. The lowest BCUT2D eigenvalue weighted by atomic mass is 10.1. The molecule has 0 saturated heterocycles. The molecule has 1 aromatic carbocycles. The van der Waals surface area contributed by atoms with Gasteiger partial charge in [0.15, 0.2) is 0 Å². The highest BCUT2D eigenvalue weighted by atomic mass is 16.5. The number of hydrogen-bond donors (Lipinski definition) is 0. The number of carbonyl (C=O) groups excluding carboxylic acids is 1. The van der Waals surface area contributed by atoms with E-state index in [0.717, 1.165) is 16.9 Å². The maximum absolute atomic E-state index is 11.4. The number of benzene rings is 1. The van der Waals surface area contributed by atoms with Gasteiger partial charge in [0.25, 0.3) is 0 Å². The zero-order chi connectivity index (χ0) is 14.7. The molecule has 2 aromatic rings. The van der Waals surface area contributed by atoms with Gasteiger partial charge in [0, 0.05) is 12.7 Å². The minimum absolute atomic E-state index is 0.332. The van der Waals surface area contributed by atoms with Crippen molar-refractivity contribution in [2.24, 2.45) is 12.0 Å². The van der Waals surface area contributed by atoms with E-state index < -0.39 is 0 Å². The van der Waals surface area contributed by atoms with Gasteiger partial charge < -0.3 is 9.30 Å². The first-order chi connectivity index (χ1) is 9.52. The standard InChI is InChI=1S/C16H18N2O2/c1-11-9-13(16(19)20-4)6-8-15(11)17-10-14-7-5-12(2)18(14)3/h5-10H,1-4H3. The number of methoxy groups -OCH3 is 1. The van der Waals surface area contributed by atoms with E-state index in [-0.39, 0.29) is 5.97 Å². The Hall–Kier alpha value is -2.36. The highest BCUT2D eigenvalue weighted by Crippen LogP contribution is 2.20. The Morgan fingerprint density at radius 2 is 2.00 bits per heavy atom. The summed E-state index contributed by atoms with van der Waals surface area (Å²) in [7, 11) is 3.38. The number of rotatable bonds is 3. The van der Waals surface area contributed by atoms with Crippen LogP contribution in [0.15, 0.2) is 35.3 Å². The van der Waals surface area contributed by atoms with Crippen LogP contribution < -0.4 is 0 Å². The predicted octanol–water partition coefficient (Wildman–Crippen LogP) is 3.18. The third kappa shape index (κ3) is 2.79. The van der Waals surface area contributed by atoms with E-state index in [9.17, 15) is 4.79 Å². The van der Waals surface area contributed by atoms with Gasteiger partial charge in [0.05, 0.1) is 30.3 Å². The Balaban J connectivity index is 2.26. The second kappa shape index (κ2) is 5.74. The smallest absolute Gasteiger partial charge is 0.337 e. The Kier molecular flexibility index (Phi) is 4.03. The largest absolute Gasteiger partial charge is 0.465 e. The topological polar surface area (TPSA) is 43.6 Å². The van der Waals surface area contributed by atoms with Crippen LogP contribution in [0.2, 0.25) is 0 Å². The molecule has 0 aliphatic carbocycles. The van der Waals surface area contributed by atoms with Gasteiger partial charge in [0.2, 0.25) is 0 Å². The maximum Gasteiger partial charge on any atom is 0.337 e. The van der Waals surface area contributed by atoms with Crippen molar-refractivity contribution in [3.63, 3.8) is 0 Å². The van der Waals surface area contributed by atoms with Crippen LogP contribution in [0.3, 0.4) is 0 Å². The number of aliphatic imine (C=N–C) groups is 1. The first-order valence-corrected chi connectivity index (χ1v) is 6.38. The van der Waals surface area contributed by atoms with Gasteiger partial charge in [-0.2, -0.15) is 0 Å². The molecule has 1 heterocycles. The molecule has 4 nitrogen and oxygen atoms in total. The molecule has 0 aliphatic rings. The lowest BCUT2D eigenvalue weighted by molar-refractivity contribution is 0.0600. The molecule has 0 aliphatic heterocycles. The highest BCUT2D eigenvalue weighted by molar-refractivity contribution is 5.90. The molecule has 104 valence electrons. The molecule has 1 aromatic heterocycles. The highest BCUT2D eigenvalue weighted by Gasteiger charge is 2.07. The molecule has 0 atom stereocenters. The number of ether oxygens (including phenoxy) is 1. The van der Waals surface area contributed by atoms with Crippen molar-refractivity contribution >= 4 is 17.9 Å². The van der Waals surface area contributed by atoms with Gasteiger partial charge in [0.1, 0.15) is 0 Å². The molecule has 0 radical (unpaired) electrons. The number of aryl methyl sites for hydroxylation is 2. The van der Waals surface area contributed by atoms with Crippen LogP contribution in [0.25, 0.3) is 0 Å². The SMILES string of the molecule is COC(=O)c1ccc(N=Cc2ccc(C)n2C)c(C)c1. The summed E-state index contributed by atoms with van der Waals surface area (Å²) in [6, 6.07) is 9.41. The summed E-state index contributed by atoms with van der Waals surface area (Å²) in [6.45, 7) is 3.98. The third-order valence-corrected chi connectivity index (χ3v) is 3.37. The Morgan fingerprint density at radius 1 is 1.25 bits per heavy atom. The molecule has 0 unspecified atom stereocenters. The lowest BCUT2D eigenvalue weighted by Gasteiger charge is -2.04. The minimum Gasteiger partial charge on any atom is -0.465 e. The van der Waals surface area contributed by atoms with Crippen LogP contribution >= 0.6 is 0 Å². The summed E-state index contributed by atoms with van der Waals surface area (Å²) in [5.41, 5.74) is 4.55. The zero-order valence-electron chi connectivity index (χ0n) is 12.2. The summed E-state index contributed by atoms with van der Waals surface area (Å²) in [6.07, 6.45) is 1.83. The van der Waals surface area contributed by atoms with E-state index >= 15 is 0 Å². The molecular weight excluding hydrogens is 252 g/mol. The normalized spacial score (nSPS) is 11.0. The van der Waals surface area contributed by atoms with Crippen molar-refractivity contribution < 1.29 is 9.53 Å². The second-order valence-corrected chi connectivity index (χ2v) is 4.71. The molecular formula is C16H18N2O2. The summed E-state index contributed by atoms with van der Waals surface area (Å²) >= 11 is 0. The lowest BCUT2D eigenvalue weighted by Crippen LogP contribution is -2.01. The van der Waals surface area contributed by atoms with E-state index in [1.54, 1.807) is 12.1 Å². The molecule has 0 saturated carbocycles. The number of carbonyl (C=O) groups is 1. The average Bonchev–Trinajstić information content (AvgIpc) is 2.76. The fourth-order valence-electron chi connectivity index (χ4n) is 1.94. The molecule has 0 N–H and O–H groups in total. The summed E-state index contributed by atoms with van der Waals surface area (Å²) in [5, 5.41) is 0. The van der Waals surface area contributed by atoms with Crippen molar-refractivity contribution in [1.82, 2.24) is 4.57 Å². The van der Waals surface area contributed by atoms with E-state index in [4.69, 9.17) is 4.74 Å². The zero-order valence-corrected chi connectivity index (χ0v) is 12.2. The van der Waals surface area contributed by atoms with Gasteiger partial charge in [-0.05, 0) is 49.7 Å². The first-order valence-electron chi connectivity index (χ1n) is 6.38. The van der Waals surface area contributed by atoms with E-state index in [2.05, 4.69) is 15.6 Å².